The molecule has 0 spiro atoms. The second kappa shape index (κ2) is 8.28. The molecule has 0 amide bonds. The predicted molar refractivity (Wildman–Crippen MR) is 92.7 cm³/mol. The molecule has 0 bridgehead atoms. The van der Waals surface area contributed by atoms with Gasteiger partial charge in [0.05, 0.1) is 17.2 Å². The molecule has 5 atom stereocenters. The van der Waals surface area contributed by atoms with Crippen molar-refractivity contribution in [1.82, 2.24) is 0 Å². The number of esters is 2. The maximum Gasteiger partial charge on any atom is 0.338 e. The average Bonchev–Trinajstić information content (AvgIpc) is 2.69. The summed E-state index contributed by atoms with van der Waals surface area (Å²) in [6, 6.07) is 16.2. The second-order valence-electron chi connectivity index (χ2n) is 6.15. The minimum Gasteiger partial charge on any atom is -0.452 e. The molecule has 1 aliphatic rings. The zero-order valence-corrected chi connectivity index (χ0v) is 14.5. The van der Waals surface area contributed by atoms with Crippen LogP contribution >= 0.6 is 0 Å². The van der Waals surface area contributed by atoms with Crippen molar-refractivity contribution in [2.45, 2.75) is 37.7 Å². The van der Waals surface area contributed by atoms with Crippen LogP contribution in [0.5, 0.6) is 0 Å². The van der Waals surface area contributed by atoms with Gasteiger partial charge in [-0.05, 0) is 31.2 Å². The molecule has 6 nitrogen and oxygen atoms in total. The number of carbonyl (C=O) groups excluding carboxylic acids is 2. The van der Waals surface area contributed by atoms with Gasteiger partial charge in [0.25, 0.3) is 0 Å². The van der Waals surface area contributed by atoms with Crippen LogP contribution in [0, 0.1) is 0 Å². The number of hydrogen-bond donors (Lipinski definition) is 1. The molecule has 1 fully saturated rings. The summed E-state index contributed by atoms with van der Waals surface area (Å²) in [5, 5.41) is 9.74. The van der Waals surface area contributed by atoms with Gasteiger partial charge >= 0.3 is 11.9 Å². The van der Waals surface area contributed by atoms with Crippen LogP contribution in [0.4, 0.5) is 4.39 Å². The summed E-state index contributed by atoms with van der Waals surface area (Å²) in [5.74, 6) is -1.49. The zero-order valence-electron chi connectivity index (χ0n) is 14.5. The monoisotopic (exact) mass is 374 g/mol. The van der Waals surface area contributed by atoms with E-state index < -0.39 is 42.7 Å². The van der Waals surface area contributed by atoms with Gasteiger partial charge in [-0.2, -0.15) is 0 Å². The first-order chi connectivity index (χ1) is 13.0. The minimum atomic E-state index is -2.07. The molecular weight excluding hydrogens is 355 g/mol. The van der Waals surface area contributed by atoms with Crippen LogP contribution in [0.3, 0.4) is 0 Å². The van der Waals surface area contributed by atoms with E-state index in [-0.39, 0.29) is 11.1 Å². The van der Waals surface area contributed by atoms with Crippen LogP contribution in [0.2, 0.25) is 0 Å². The predicted octanol–water partition coefficient (Wildman–Crippen LogP) is 2.51. The Morgan fingerprint density at radius 1 is 0.889 bits per heavy atom. The van der Waals surface area contributed by atoms with Gasteiger partial charge in [-0.15, -0.1) is 0 Å². The third kappa shape index (κ3) is 4.32. The molecule has 1 aliphatic heterocycles. The Kier molecular flexibility index (Phi) is 5.83. The highest BCUT2D eigenvalue weighted by Gasteiger charge is 2.49. The average molecular weight is 374 g/mol. The van der Waals surface area contributed by atoms with Crippen LogP contribution in [-0.4, -0.2) is 47.8 Å². The molecule has 1 saturated heterocycles. The smallest absolute Gasteiger partial charge is 0.338 e. The standard InChI is InChI=1S/C20H19FO6/c1-12-16(26-18(22)13-8-4-2-5-9-13)17(15(21)20(24)25-12)27-19(23)14-10-6-3-7-11-14/h2-12,15-17,20,24H,1H3/t12-,15+,16-,17+,20+/m1/s1. The SMILES string of the molecule is C[C@H]1O[C@H](O)[C@@H](F)[C@H](OC(=O)c2ccccc2)[C@@H]1OC(=O)c1ccccc1. The summed E-state index contributed by atoms with van der Waals surface area (Å²) >= 11 is 0. The lowest BCUT2D eigenvalue weighted by Crippen LogP contribution is -2.58. The van der Waals surface area contributed by atoms with Gasteiger partial charge in [0.1, 0.15) is 0 Å². The normalized spacial score (nSPS) is 27.6. The Labute approximate surface area is 155 Å². The largest absolute Gasteiger partial charge is 0.452 e. The van der Waals surface area contributed by atoms with Crippen LogP contribution in [0.15, 0.2) is 60.7 Å². The molecule has 3 rings (SSSR count). The first-order valence-electron chi connectivity index (χ1n) is 8.47. The van der Waals surface area contributed by atoms with Gasteiger partial charge in [-0.25, -0.2) is 14.0 Å². The quantitative estimate of drug-likeness (QED) is 0.828. The Hall–Kier alpha value is -2.77. The Bertz CT molecular complexity index is 782. The lowest BCUT2D eigenvalue weighted by Gasteiger charge is -2.39. The lowest BCUT2D eigenvalue weighted by atomic mass is 10.00. The fourth-order valence-electron chi connectivity index (χ4n) is 2.81. The molecule has 142 valence electrons. The number of alkyl halides is 1. The minimum absolute atomic E-state index is 0.214. The maximum atomic E-state index is 14.6. The van der Waals surface area contributed by atoms with Gasteiger partial charge in [-0.1, -0.05) is 36.4 Å². The van der Waals surface area contributed by atoms with Crippen molar-refractivity contribution >= 4 is 11.9 Å². The van der Waals surface area contributed by atoms with Crippen molar-refractivity contribution in [2.24, 2.45) is 0 Å². The summed E-state index contributed by atoms with van der Waals surface area (Å²) < 4.78 is 30.2. The lowest BCUT2D eigenvalue weighted by molar-refractivity contribution is -0.260. The molecular formula is C20H19FO6. The Morgan fingerprint density at radius 3 is 1.81 bits per heavy atom. The van der Waals surface area contributed by atoms with Crippen LogP contribution in [-0.2, 0) is 14.2 Å². The van der Waals surface area contributed by atoms with Gasteiger partial charge in [0.2, 0.25) is 0 Å². The number of aliphatic hydroxyl groups excluding tert-OH is 1. The van der Waals surface area contributed by atoms with E-state index in [9.17, 15) is 19.1 Å². The van der Waals surface area contributed by atoms with Crippen LogP contribution in [0.25, 0.3) is 0 Å². The molecule has 0 radical (unpaired) electrons. The summed E-state index contributed by atoms with van der Waals surface area (Å²) in [4.78, 5) is 24.7. The van der Waals surface area contributed by atoms with Gasteiger partial charge in [0, 0.05) is 0 Å². The summed E-state index contributed by atoms with van der Waals surface area (Å²) in [6.07, 6.45) is -7.47. The third-order valence-corrected chi connectivity index (χ3v) is 4.23. The third-order valence-electron chi connectivity index (χ3n) is 4.23. The highest BCUT2D eigenvalue weighted by atomic mass is 19.1. The fourth-order valence-corrected chi connectivity index (χ4v) is 2.81. The van der Waals surface area contributed by atoms with Crippen LogP contribution in [0.1, 0.15) is 27.6 Å². The molecule has 27 heavy (non-hydrogen) atoms. The number of benzene rings is 2. The highest BCUT2D eigenvalue weighted by Crippen LogP contribution is 2.28. The molecule has 1 N–H and O–H groups in total. The van der Waals surface area contributed by atoms with E-state index in [1.807, 2.05) is 0 Å². The molecule has 7 heteroatoms. The Balaban J connectivity index is 1.80. The van der Waals surface area contributed by atoms with E-state index in [0.29, 0.717) is 0 Å². The number of ether oxygens (including phenoxy) is 3. The molecule has 0 aromatic heterocycles. The molecule has 2 aromatic carbocycles. The second-order valence-corrected chi connectivity index (χ2v) is 6.15. The Morgan fingerprint density at radius 2 is 1.33 bits per heavy atom. The van der Waals surface area contributed by atoms with E-state index in [2.05, 4.69) is 0 Å². The maximum absolute atomic E-state index is 14.6. The first kappa shape index (κ1) is 19.0. The van der Waals surface area contributed by atoms with E-state index in [1.54, 1.807) is 48.5 Å². The number of carbonyl (C=O) groups is 2. The highest BCUT2D eigenvalue weighted by molar-refractivity contribution is 5.90. The van der Waals surface area contributed by atoms with Gasteiger partial charge < -0.3 is 19.3 Å². The molecule has 0 unspecified atom stereocenters. The van der Waals surface area contributed by atoms with Gasteiger partial charge in [-0.3, -0.25) is 0 Å². The van der Waals surface area contributed by atoms with Crippen molar-refractivity contribution in [3.05, 3.63) is 71.8 Å². The first-order valence-corrected chi connectivity index (χ1v) is 8.47. The topological polar surface area (TPSA) is 82.1 Å². The summed E-state index contributed by atoms with van der Waals surface area (Å²) in [5.41, 5.74) is 0.478. The van der Waals surface area contributed by atoms with E-state index in [0.717, 1.165) is 0 Å². The zero-order chi connectivity index (χ0) is 19.4. The van der Waals surface area contributed by atoms with Crippen molar-refractivity contribution in [2.75, 3.05) is 0 Å². The van der Waals surface area contributed by atoms with Crippen molar-refractivity contribution in [3.8, 4) is 0 Å². The van der Waals surface area contributed by atoms with Crippen LogP contribution < -0.4 is 0 Å². The number of hydrogen-bond acceptors (Lipinski definition) is 6. The summed E-state index contributed by atoms with van der Waals surface area (Å²) in [6.45, 7) is 1.50. The molecule has 0 saturated carbocycles. The summed E-state index contributed by atoms with van der Waals surface area (Å²) in [7, 11) is 0. The number of rotatable bonds is 4. The number of aliphatic hydroxyl groups is 1. The van der Waals surface area contributed by atoms with E-state index in [1.165, 1.54) is 19.1 Å². The van der Waals surface area contributed by atoms with Gasteiger partial charge in [0.15, 0.2) is 24.7 Å². The molecule has 2 aromatic rings. The van der Waals surface area contributed by atoms with E-state index >= 15 is 0 Å². The van der Waals surface area contributed by atoms with Crippen molar-refractivity contribution in [3.63, 3.8) is 0 Å². The fraction of sp³-hybridized carbons (Fsp3) is 0.300. The molecule has 1 heterocycles. The van der Waals surface area contributed by atoms with Crippen molar-refractivity contribution in [1.29, 1.82) is 0 Å². The molecule has 0 aliphatic carbocycles. The van der Waals surface area contributed by atoms with E-state index in [4.69, 9.17) is 14.2 Å². The van der Waals surface area contributed by atoms with Crippen molar-refractivity contribution < 1.29 is 33.3 Å². The number of halogens is 1.